The average Bonchev–Trinajstić information content (AvgIpc) is 3.24. The first-order valence-electron chi connectivity index (χ1n) is 9.50. The van der Waals surface area contributed by atoms with Crippen LogP contribution in [0.25, 0.3) is 0 Å². The van der Waals surface area contributed by atoms with Gasteiger partial charge in [0, 0.05) is 18.2 Å². The lowest BCUT2D eigenvalue weighted by molar-refractivity contribution is -0.118. The highest BCUT2D eigenvalue weighted by molar-refractivity contribution is 8.03. The second-order valence-electron chi connectivity index (χ2n) is 6.63. The van der Waals surface area contributed by atoms with Crippen LogP contribution in [0, 0.1) is 6.92 Å². The van der Waals surface area contributed by atoms with E-state index in [9.17, 15) is 14.4 Å². The van der Waals surface area contributed by atoms with Crippen molar-refractivity contribution in [2.75, 3.05) is 22.2 Å². The van der Waals surface area contributed by atoms with E-state index in [0.29, 0.717) is 25.6 Å². The Labute approximate surface area is 197 Å². The molecule has 166 valence electrons. The van der Waals surface area contributed by atoms with Crippen LogP contribution in [0.15, 0.2) is 57.2 Å². The SMILES string of the molecule is CC(=O)NNc1ccc(NC(=O)CSc2nnc(SCC(=O)c3ccc(C)cc3)s2)cc1. The van der Waals surface area contributed by atoms with E-state index in [2.05, 4.69) is 26.4 Å². The average molecular weight is 488 g/mol. The van der Waals surface area contributed by atoms with Gasteiger partial charge >= 0.3 is 0 Å². The van der Waals surface area contributed by atoms with Gasteiger partial charge in [-0.1, -0.05) is 64.7 Å². The van der Waals surface area contributed by atoms with Crippen molar-refractivity contribution >= 4 is 63.8 Å². The largest absolute Gasteiger partial charge is 0.325 e. The summed E-state index contributed by atoms with van der Waals surface area (Å²) in [4.78, 5) is 35.4. The number of Topliss-reactive ketones (excluding diaryl/α,β-unsaturated/α-hetero) is 1. The minimum absolute atomic E-state index is 0.0390. The number of hydrazine groups is 1. The number of nitrogens with one attached hydrogen (secondary N) is 3. The quantitative estimate of drug-likeness (QED) is 0.223. The molecule has 2 amide bonds. The van der Waals surface area contributed by atoms with Crippen molar-refractivity contribution in [3.05, 3.63) is 59.7 Å². The van der Waals surface area contributed by atoms with Crippen LogP contribution in [0.1, 0.15) is 22.8 Å². The zero-order valence-electron chi connectivity index (χ0n) is 17.4. The Bertz CT molecular complexity index is 1080. The number of carbonyl (C=O) groups excluding carboxylic acids is 3. The predicted octanol–water partition coefficient (Wildman–Crippen LogP) is 4.02. The number of carbonyl (C=O) groups is 3. The van der Waals surface area contributed by atoms with Gasteiger partial charge in [0.25, 0.3) is 0 Å². The van der Waals surface area contributed by atoms with E-state index in [1.807, 2.05) is 31.2 Å². The van der Waals surface area contributed by atoms with E-state index >= 15 is 0 Å². The molecule has 3 N–H and O–H groups in total. The summed E-state index contributed by atoms with van der Waals surface area (Å²) in [5, 5.41) is 11.0. The number of rotatable bonds is 10. The minimum atomic E-state index is -0.199. The molecule has 32 heavy (non-hydrogen) atoms. The van der Waals surface area contributed by atoms with Crippen molar-refractivity contribution < 1.29 is 14.4 Å². The van der Waals surface area contributed by atoms with E-state index in [1.165, 1.54) is 41.8 Å². The second-order valence-corrected chi connectivity index (χ2v) is 10.1. The summed E-state index contributed by atoms with van der Waals surface area (Å²) in [6.07, 6.45) is 0. The predicted molar refractivity (Wildman–Crippen MR) is 129 cm³/mol. The van der Waals surface area contributed by atoms with Gasteiger partial charge in [0.05, 0.1) is 17.2 Å². The Morgan fingerprint density at radius 2 is 1.47 bits per heavy atom. The van der Waals surface area contributed by atoms with Crippen LogP contribution in [0.2, 0.25) is 0 Å². The third-order valence-electron chi connectivity index (χ3n) is 3.97. The fourth-order valence-corrected chi connectivity index (χ4v) is 5.10. The van der Waals surface area contributed by atoms with Crippen molar-refractivity contribution in [1.82, 2.24) is 15.6 Å². The molecule has 0 bridgehead atoms. The molecule has 0 saturated carbocycles. The lowest BCUT2D eigenvalue weighted by Gasteiger charge is -2.08. The van der Waals surface area contributed by atoms with E-state index in [4.69, 9.17) is 0 Å². The van der Waals surface area contributed by atoms with Gasteiger partial charge in [-0.2, -0.15) is 0 Å². The Kier molecular flexibility index (Phi) is 8.65. The Hall–Kier alpha value is -2.89. The molecule has 2 aromatic carbocycles. The highest BCUT2D eigenvalue weighted by Gasteiger charge is 2.12. The van der Waals surface area contributed by atoms with Crippen molar-refractivity contribution in [1.29, 1.82) is 0 Å². The molecule has 0 aliphatic heterocycles. The van der Waals surface area contributed by atoms with Gasteiger partial charge in [0.15, 0.2) is 14.5 Å². The fraction of sp³-hybridized carbons (Fsp3) is 0.190. The first-order chi connectivity index (χ1) is 15.4. The topological polar surface area (TPSA) is 113 Å². The highest BCUT2D eigenvalue weighted by atomic mass is 32.2. The molecule has 0 radical (unpaired) electrons. The summed E-state index contributed by atoms with van der Waals surface area (Å²) in [6, 6.07) is 14.4. The third kappa shape index (κ3) is 7.66. The standard InChI is InChI=1S/C21H21N5O3S3/c1-13-3-5-15(6-4-13)18(28)11-30-20-25-26-21(32-20)31-12-19(29)22-16-7-9-17(10-8-16)24-23-14(2)27/h3-10,24H,11-12H2,1-2H3,(H,22,29)(H,23,27). The summed E-state index contributed by atoms with van der Waals surface area (Å²) >= 11 is 3.99. The van der Waals surface area contributed by atoms with Gasteiger partial charge in [0.1, 0.15) is 0 Å². The zero-order valence-corrected chi connectivity index (χ0v) is 19.8. The number of aromatic nitrogens is 2. The maximum Gasteiger partial charge on any atom is 0.235 e. The number of benzene rings is 2. The molecule has 0 saturated heterocycles. The van der Waals surface area contributed by atoms with Crippen LogP contribution >= 0.6 is 34.9 Å². The molecule has 0 unspecified atom stereocenters. The summed E-state index contributed by atoms with van der Waals surface area (Å²) in [7, 11) is 0. The fourth-order valence-electron chi connectivity index (χ4n) is 2.39. The number of hydrogen-bond acceptors (Lipinski definition) is 9. The van der Waals surface area contributed by atoms with Crippen LogP contribution in [-0.2, 0) is 9.59 Å². The van der Waals surface area contributed by atoms with E-state index < -0.39 is 0 Å². The lowest BCUT2D eigenvalue weighted by Crippen LogP contribution is -2.26. The molecule has 3 rings (SSSR count). The minimum Gasteiger partial charge on any atom is -0.325 e. The first kappa shape index (κ1) is 23.8. The van der Waals surface area contributed by atoms with E-state index in [1.54, 1.807) is 24.3 Å². The van der Waals surface area contributed by atoms with Crippen molar-refractivity contribution in [3.8, 4) is 0 Å². The second kappa shape index (κ2) is 11.7. The molecule has 8 nitrogen and oxygen atoms in total. The maximum atomic E-state index is 12.3. The van der Waals surface area contributed by atoms with Crippen molar-refractivity contribution in [2.45, 2.75) is 22.5 Å². The summed E-state index contributed by atoms with van der Waals surface area (Å²) in [6.45, 7) is 3.39. The molecular formula is C21H21N5O3S3. The van der Waals surface area contributed by atoms with Gasteiger partial charge in [-0.15, -0.1) is 10.2 Å². The van der Waals surface area contributed by atoms with E-state index in [-0.39, 0.29) is 29.1 Å². The number of ketones is 1. The van der Waals surface area contributed by atoms with E-state index in [0.717, 1.165) is 5.56 Å². The molecule has 0 aliphatic rings. The molecule has 11 heteroatoms. The van der Waals surface area contributed by atoms with Crippen LogP contribution in [0.4, 0.5) is 11.4 Å². The lowest BCUT2D eigenvalue weighted by atomic mass is 10.1. The number of amides is 2. The molecule has 3 aromatic rings. The van der Waals surface area contributed by atoms with Crippen LogP contribution in [-0.4, -0.2) is 39.3 Å². The van der Waals surface area contributed by atoms with Gasteiger partial charge < -0.3 is 5.32 Å². The van der Waals surface area contributed by atoms with Crippen LogP contribution in [0.3, 0.4) is 0 Å². The zero-order chi connectivity index (χ0) is 22.9. The number of aryl methyl sites for hydroxylation is 1. The molecular weight excluding hydrogens is 466 g/mol. The number of nitrogens with zero attached hydrogens (tertiary/aromatic N) is 2. The summed E-state index contributed by atoms with van der Waals surface area (Å²) in [5.74, 6) is 0.146. The van der Waals surface area contributed by atoms with Gasteiger partial charge in [0.2, 0.25) is 11.8 Å². The Morgan fingerprint density at radius 1 is 0.875 bits per heavy atom. The number of hydrogen-bond donors (Lipinski definition) is 3. The molecule has 0 atom stereocenters. The molecule has 0 fully saturated rings. The normalized spacial score (nSPS) is 10.4. The molecule has 1 heterocycles. The number of thioether (sulfide) groups is 2. The molecule has 1 aromatic heterocycles. The summed E-state index contributed by atoms with van der Waals surface area (Å²) in [5.41, 5.74) is 8.36. The Balaban J connectivity index is 1.41. The summed E-state index contributed by atoms with van der Waals surface area (Å²) < 4.78 is 1.36. The van der Waals surface area contributed by atoms with Crippen LogP contribution < -0.4 is 16.2 Å². The van der Waals surface area contributed by atoms with Crippen LogP contribution in [0.5, 0.6) is 0 Å². The van der Waals surface area contributed by atoms with Gasteiger partial charge in [-0.05, 0) is 31.2 Å². The number of anilines is 2. The van der Waals surface area contributed by atoms with Crippen molar-refractivity contribution in [2.24, 2.45) is 0 Å². The Morgan fingerprint density at radius 3 is 2.09 bits per heavy atom. The smallest absolute Gasteiger partial charge is 0.235 e. The molecule has 0 aliphatic carbocycles. The molecule has 0 spiro atoms. The van der Waals surface area contributed by atoms with Gasteiger partial charge in [-0.3, -0.25) is 25.2 Å². The third-order valence-corrected chi connectivity index (χ3v) is 7.16. The van der Waals surface area contributed by atoms with Gasteiger partial charge in [-0.25, -0.2) is 0 Å². The monoisotopic (exact) mass is 487 g/mol. The van der Waals surface area contributed by atoms with Crippen molar-refractivity contribution in [3.63, 3.8) is 0 Å². The highest BCUT2D eigenvalue weighted by Crippen LogP contribution is 2.29. The first-order valence-corrected chi connectivity index (χ1v) is 12.3. The maximum absolute atomic E-state index is 12.3.